The van der Waals surface area contributed by atoms with E-state index in [0.29, 0.717) is 12.8 Å². The first kappa shape index (κ1) is 13.1. The number of benzene rings is 1. The largest absolute Gasteiger partial charge is 0.469 e. The van der Waals surface area contributed by atoms with Crippen LogP contribution in [0.25, 0.3) is 0 Å². The van der Waals surface area contributed by atoms with Crippen LogP contribution in [0.15, 0.2) is 24.3 Å². The quantitative estimate of drug-likeness (QED) is 0.668. The van der Waals surface area contributed by atoms with E-state index in [4.69, 9.17) is 0 Å². The Labute approximate surface area is 119 Å². The first-order chi connectivity index (χ1) is 8.58. The number of halogens is 1. The number of hydrogen-bond donors (Lipinski definition) is 1. The molecule has 0 bridgehead atoms. The maximum atomic E-state index is 11.3. The molecule has 0 unspecified atom stereocenters. The molecule has 1 aromatic rings. The molecule has 0 amide bonds. The molecule has 1 saturated carbocycles. The summed E-state index contributed by atoms with van der Waals surface area (Å²) < 4.78 is 5.82. The molecule has 18 heavy (non-hydrogen) atoms. The Bertz CT molecular complexity index is 487. The van der Waals surface area contributed by atoms with Gasteiger partial charge in [-0.1, -0.05) is 0 Å². The molecule has 1 N–H and O–H groups in total. The maximum Gasteiger partial charge on any atom is 0.308 e. The molecular weight excluding hydrogens is 343 g/mol. The van der Waals surface area contributed by atoms with E-state index in [1.54, 1.807) is 0 Å². The zero-order valence-corrected chi connectivity index (χ0v) is 12.1. The average Bonchev–Trinajstić information content (AvgIpc) is 2.35. The second-order valence-electron chi connectivity index (χ2n) is 4.45. The monoisotopic (exact) mass is 356 g/mol. The van der Waals surface area contributed by atoms with Crippen LogP contribution in [0.3, 0.4) is 0 Å². The fourth-order valence-corrected chi connectivity index (χ4v) is 2.51. The number of nitrogens with one attached hydrogen (secondary N) is 1. The summed E-state index contributed by atoms with van der Waals surface area (Å²) in [5.74, 6) is -0.392. The van der Waals surface area contributed by atoms with Crippen LogP contribution in [-0.4, -0.2) is 18.6 Å². The number of carbonyl (C=O) groups is 1. The van der Waals surface area contributed by atoms with E-state index < -0.39 is 5.54 Å². The summed E-state index contributed by atoms with van der Waals surface area (Å²) in [7, 11) is 1.38. The van der Waals surface area contributed by atoms with Gasteiger partial charge in [-0.25, -0.2) is 0 Å². The normalized spacial score (nSPS) is 25.7. The van der Waals surface area contributed by atoms with E-state index in [0.717, 1.165) is 9.26 Å². The van der Waals surface area contributed by atoms with E-state index in [1.807, 2.05) is 24.3 Å². The van der Waals surface area contributed by atoms with Crippen LogP contribution in [0.4, 0.5) is 5.69 Å². The zero-order valence-electron chi connectivity index (χ0n) is 9.94. The topological polar surface area (TPSA) is 62.1 Å². The molecule has 0 aromatic heterocycles. The Morgan fingerprint density at radius 2 is 2.11 bits per heavy atom. The Kier molecular flexibility index (Phi) is 3.76. The van der Waals surface area contributed by atoms with Gasteiger partial charge in [0.15, 0.2) is 0 Å². The third-order valence-electron chi connectivity index (χ3n) is 3.17. The van der Waals surface area contributed by atoms with Gasteiger partial charge in [0.25, 0.3) is 0 Å². The lowest BCUT2D eigenvalue weighted by molar-refractivity contribution is -0.149. The highest BCUT2D eigenvalue weighted by Gasteiger charge is 2.48. The lowest BCUT2D eigenvalue weighted by Gasteiger charge is -2.42. The van der Waals surface area contributed by atoms with Gasteiger partial charge in [-0.15, -0.1) is 0 Å². The second-order valence-corrected chi connectivity index (χ2v) is 5.70. The minimum atomic E-state index is -0.633. The van der Waals surface area contributed by atoms with Gasteiger partial charge in [0.2, 0.25) is 0 Å². The summed E-state index contributed by atoms with van der Waals surface area (Å²) in [6, 6.07) is 10.1. The standard InChI is InChI=1S/C13H13IN2O2/c1-18-12(17)9-6-13(7-9,8-15)16-11-4-2-10(14)3-5-11/h2-5,9,16H,6-7H2,1H3. The van der Waals surface area contributed by atoms with Crippen molar-refractivity contribution in [3.8, 4) is 6.07 Å². The van der Waals surface area contributed by atoms with E-state index in [2.05, 4.69) is 38.7 Å². The number of methoxy groups -OCH3 is 1. The van der Waals surface area contributed by atoms with E-state index in [9.17, 15) is 10.1 Å². The minimum Gasteiger partial charge on any atom is -0.469 e. The molecule has 5 heteroatoms. The fraction of sp³-hybridized carbons (Fsp3) is 0.385. The highest BCUT2D eigenvalue weighted by Crippen LogP contribution is 2.40. The lowest BCUT2D eigenvalue weighted by atomic mass is 9.69. The molecule has 0 aliphatic heterocycles. The van der Waals surface area contributed by atoms with Crippen molar-refractivity contribution in [3.05, 3.63) is 27.8 Å². The van der Waals surface area contributed by atoms with Gasteiger partial charge >= 0.3 is 5.97 Å². The van der Waals surface area contributed by atoms with Crippen LogP contribution in [0.2, 0.25) is 0 Å². The van der Waals surface area contributed by atoms with Gasteiger partial charge in [0, 0.05) is 9.26 Å². The van der Waals surface area contributed by atoms with Crippen LogP contribution < -0.4 is 5.32 Å². The molecule has 1 aliphatic rings. The number of hydrogen-bond acceptors (Lipinski definition) is 4. The van der Waals surface area contributed by atoms with Crippen molar-refractivity contribution in [3.63, 3.8) is 0 Å². The highest BCUT2D eigenvalue weighted by atomic mass is 127. The number of ether oxygens (including phenoxy) is 1. The number of nitriles is 1. The maximum absolute atomic E-state index is 11.3. The Balaban J connectivity index is 2.02. The second kappa shape index (κ2) is 5.14. The molecular formula is C13H13IN2O2. The lowest BCUT2D eigenvalue weighted by Crippen LogP contribution is -2.51. The smallest absolute Gasteiger partial charge is 0.308 e. The third-order valence-corrected chi connectivity index (χ3v) is 3.89. The molecule has 1 aromatic carbocycles. The molecule has 4 nitrogen and oxygen atoms in total. The number of nitrogens with zero attached hydrogens (tertiary/aromatic N) is 1. The minimum absolute atomic E-state index is 0.161. The predicted octanol–water partition coefficient (Wildman–Crippen LogP) is 2.55. The molecule has 1 fully saturated rings. The molecule has 0 atom stereocenters. The molecule has 0 heterocycles. The summed E-state index contributed by atoms with van der Waals surface area (Å²) >= 11 is 2.23. The van der Waals surface area contributed by atoms with Crippen LogP contribution in [0, 0.1) is 20.8 Å². The van der Waals surface area contributed by atoms with Crippen molar-refractivity contribution in [2.75, 3.05) is 12.4 Å². The van der Waals surface area contributed by atoms with Gasteiger partial charge in [0.05, 0.1) is 19.1 Å². The molecule has 2 rings (SSSR count). The highest BCUT2D eigenvalue weighted by molar-refractivity contribution is 14.1. The Hall–Kier alpha value is -1.29. The van der Waals surface area contributed by atoms with Gasteiger partial charge in [-0.05, 0) is 59.7 Å². The summed E-state index contributed by atoms with van der Waals surface area (Å²) in [5, 5.41) is 12.5. The van der Waals surface area contributed by atoms with Crippen LogP contribution in [0.5, 0.6) is 0 Å². The molecule has 0 saturated heterocycles. The predicted molar refractivity (Wildman–Crippen MR) is 75.9 cm³/mol. The van der Waals surface area contributed by atoms with Gasteiger partial charge < -0.3 is 10.1 Å². The van der Waals surface area contributed by atoms with E-state index in [-0.39, 0.29) is 11.9 Å². The zero-order chi connectivity index (χ0) is 13.2. The first-order valence-corrected chi connectivity index (χ1v) is 6.69. The van der Waals surface area contributed by atoms with Crippen molar-refractivity contribution in [2.24, 2.45) is 5.92 Å². The Morgan fingerprint density at radius 3 is 2.61 bits per heavy atom. The summed E-state index contributed by atoms with van der Waals surface area (Å²) in [6.07, 6.45) is 1.00. The van der Waals surface area contributed by atoms with Crippen molar-refractivity contribution in [1.29, 1.82) is 5.26 Å². The fourth-order valence-electron chi connectivity index (χ4n) is 2.15. The van der Waals surface area contributed by atoms with Gasteiger partial charge in [-0.2, -0.15) is 5.26 Å². The first-order valence-electron chi connectivity index (χ1n) is 5.61. The van der Waals surface area contributed by atoms with Crippen molar-refractivity contribution < 1.29 is 9.53 Å². The SMILES string of the molecule is COC(=O)C1CC(C#N)(Nc2ccc(I)cc2)C1. The number of carbonyl (C=O) groups excluding carboxylic acids is 1. The van der Waals surface area contributed by atoms with Gasteiger partial charge in [0.1, 0.15) is 5.54 Å². The van der Waals surface area contributed by atoms with Crippen LogP contribution in [-0.2, 0) is 9.53 Å². The van der Waals surface area contributed by atoms with Crippen molar-refractivity contribution >= 4 is 34.2 Å². The van der Waals surface area contributed by atoms with Gasteiger partial charge in [-0.3, -0.25) is 4.79 Å². The molecule has 94 valence electrons. The van der Waals surface area contributed by atoms with E-state index in [1.165, 1.54) is 7.11 Å². The molecule has 0 spiro atoms. The van der Waals surface area contributed by atoms with Crippen LogP contribution >= 0.6 is 22.6 Å². The van der Waals surface area contributed by atoms with E-state index >= 15 is 0 Å². The number of rotatable bonds is 3. The summed E-state index contributed by atoms with van der Waals surface area (Å²) in [6.45, 7) is 0. The number of anilines is 1. The molecule has 0 radical (unpaired) electrons. The average molecular weight is 356 g/mol. The molecule has 1 aliphatic carbocycles. The summed E-state index contributed by atoms with van der Waals surface area (Å²) in [4.78, 5) is 11.3. The Morgan fingerprint density at radius 1 is 1.50 bits per heavy atom. The summed E-state index contributed by atoms with van der Waals surface area (Å²) in [5.41, 5.74) is 0.270. The third kappa shape index (κ3) is 2.58. The van der Waals surface area contributed by atoms with Crippen molar-refractivity contribution in [1.82, 2.24) is 0 Å². The van der Waals surface area contributed by atoms with Crippen LogP contribution in [0.1, 0.15) is 12.8 Å². The number of esters is 1. The van der Waals surface area contributed by atoms with Crippen molar-refractivity contribution in [2.45, 2.75) is 18.4 Å².